The van der Waals surface area contributed by atoms with Crippen molar-refractivity contribution in [2.45, 2.75) is 49.5 Å². The third kappa shape index (κ3) is 4.16. The summed E-state index contributed by atoms with van der Waals surface area (Å²) in [5.74, 6) is -1.97. The van der Waals surface area contributed by atoms with Gasteiger partial charge in [-0.2, -0.15) is 0 Å². The number of fused-ring (bicyclic) bond motifs is 2. The van der Waals surface area contributed by atoms with Crippen LogP contribution in [-0.4, -0.2) is 58.6 Å². The highest BCUT2D eigenvalue weighted by atomic mass is 16.6. The van der Waals surface area contributed by atoms with Gasteiger partial charge in [0.05, 0.1) is 6.61 Å². The first-order chi connectivity index (χ1) is 14.9. The van der Waals surface area contributed by atoms with Gasteiger partial charge in [-0.15, -0.1) is 0 Å². The highest BCUT2D eigenvalue weighted by Crippen LogP contribution is 2.45. The number of hydrogen-bond donors (Lipinski definition) is 2. The standard InChI is InChI=1S/C24H27NO6/c1-25-17-11-12-24(25,31-23(29)19-9-5-6-10-21(19)27)14-18(13-17)30-22(28)20(15-26)16-7-3-2-4-8-16/h2-10,17-18,20,26-27H,11-15H2,1H3/t17?,18?,20-,24?/m1/s1. The molecular formula is C24H27NO6. The van der Waals surface area contributed by atoms with Crippen molar-refractivity contribution in [3.05, 3.63) is 65.7 Å². The molecule has 0 radical (unpaired) electrons. The van der Waals surface area contributed by atoms with Gasteiger partial charge < -0.3 is 19.7 Å². The quantitative estimate of drug-likeness (QED) is 0.687. The lowest BCUT2D eigenvalue weighted by Crippen LogP contribution is -2.55. The van der Waals surface area contributed by atoms with Gasteiger partial charge in [-0.25, -0.2) is 4.79 Å². The van der Waals surface area contributed by atoms with E-state index in [1.54, 1.807) is 24.3 Å². The zero-order chi connectivity index (χ0) is 22.0. The third-order valence-corrected chi connectivity index (χ3v) is 6.50. The molecule has 2 aromatic rings. The van der Waals surface area contributed by atoms with Crippen molar-refractivity contribution in [3.63, 3.8) is 0 Å². The Hall–Kier alpha value is -2.90. The van der Waals surface area contributed by atoms with Gasteiger partial charge in [-0.3, -0.25) is 9.69 Å². The Balaban J connectivity index is 1.49. The number of benzene rings is 2. The number of rotatable bonds is 6. The Morgan fingerprint density at radius 2 is 1.87 bits per heavy atom. The van der Waals surface area contributed by atoms with Crippen LogP contribution in [0.1, 0.15) is 47.5 Å². The number of phenols is 1. The molecule has 0 amide bonds. The number of carbonyl (C=O) groups is 2. The van der Waals surface area contributed by atoms with Crippen LogP contribution in [0.5, 0.6) is 5.75 Å². The summed E-state index contributed by atoms with van der Waals surface area (Å²) in [7, 11) is 1.91. The van der Waals surface area contributed by atoms with E-state index in [0.29, 0.717) is 24.8 Å². The van der Waals surface area contributed by atoms with Crippen LogP contribution >= 0.6 is 0 Å². The van der Waals surface area contributed by atoms with E-state index in [4.69, 9.17) is 9.47 Å². The third-order valence-electron chi connectivity index (χ3n) is 6.50. The van der Waals surface area contributed by atoms with Crippen LogP contribution in [-0.2, 0) is 14.3 Å². The molecule has 0 spiro atoms. The lowest BCUT2D eigenvalue weighted by atomic mass is 9.96. The summed E-state index contributed by atoms with van der Waals surface area (Å²) in [5.41, 5.74) is -0.0850. The normalized spacial score (nSPS) is 26.3. The van der Waals surface area contributed by atoms with Crippen LogP contribution in [0.3, 0.4) is 0 Å². The maximum absolute atomic E-state index is 12.8. The van der Waals surface area contributed by atoms with E-state index in [1.807, 2.05) is 30.1 Å². The second-order valence-corrected chi connectivity index (χ2v) is 8.30. The highest BCUT2D eigenvalue weighted by molar-refractivity contribution is 5.92. The first-order valence-corrected chi connectivity index (χ1v) is 10.5. The van der Waals surface area contributed by atoms with Gasteiger partial charge in [0, 0.05) is 25.3 Å². The predicted molar refractivity (Wildman–Crippen MR) is 112 cm³/mol. The van der Waals surface area contributed by atoms with Gasteiger partial charge in [-0.05, 0) is 31.2 Å². The van der Waals surface area contributed by atoms with E-state index in [9.17, 15) is 19.8 Å². The number of esters is 2. The second kappa shape index (κ2) is 8.69. The first kappa shape index (κ1) is 21.3. The van der Waals surface area contributed by atoms with Crippen LogP contribution in [0.15, 0.2) is 54.6 Å². The zero-order valence-corrected chi connectivity index (χ0v) is 17.4. The maximum atomic E-state index is 12.8. The van der Waals surface area contributed by atoms with Gasteiger partial charge in [-0.1, -0.05) is 42.5 Å². The van der Waals surface area contributed by atoms with Gasteiger partial charge in [0.15, 0.2) is 5.72 Å². The fourth-order valence-corrected chi connectivity index (χ4v) is 4.74. The number of aliphatic hydroxyl groups excluding tert-OH is 1. The van der Waals surface area contributed by atoms with E-state index >= 15 is 0 Å². The van der Waals surface area contributed by atoms with E-state index in [2.05, 4.69) is 0 Å². The number of ether oxygens (including phenoxy) is 2. The summed E-state index contributed by atoms with van der Waals surface area (Å²) in [5, 5.41) is 19.8. The molecule has 4 atom stereocenters. The minimum atomic E-state index is -0.894. The van der Waals surface area contributed by atoms with Gasteiger partial charge in [0.1, 0.15) is 23.3 Å². The number of nitrogens with zero attached hydrogens (tertiary/aromatic N) is 1. The number of phenolic OH excluding ortho intramolecular Hbond substituents is 1. The Bertz CT molecular complexity index is 948. The van der Waals surface area contributed by atoms with Crippen molar-refractivity contribution in [2.24, 2.45) is 0 Å². The minimum Gasteiger partial charge on any atom is -0.507 e. The van der Waals surface area contributed by atoms with Crippen LogP contribution in [0.4, 0.5) is 0 Å². The van der Waals surface area contributed by atoms with Crippen LogP contribution in [0.2, 0.25) is 0 Å². The van der Waals surface area contributed by atoms with Crippen LogP contribution in [0.25, 0.3) is 0 Å². The molecule has 3 unspecified atom stereocenters. The van der Waals surface area contributed by atoms with Crippen molar-refractivity contribution >= 4 is 11.9 Å². The van der Waals surface area contributed by atoms with E-state index in [1.165, 1.54) is 12.1 Å². The minimum absolute atomic E-state index is 0.109. The van der Waals surface area contributed by atoms with Gasteiger partial charge >= 0.3 is 11.9 Å². The molecule has 4 rings (SSSR count). The second-order valence-electron chi connectivity index (χ2n) is 8.30. The molecule has 2 bridgehead atoms. The molecule has 2 heterocycles. The Morgan fingerprint density at radius 3 is 2.58 bits per heavy atom. The first-order valence-electron chi connectivity index (χ1n) is 10.5. The van der Waals surface area contributed by atoms with E-state index in [0.717, 1.165) is 6.42 Å². The molecule has 2 fully saturated rings. The number of piperidine rings is 1. The Kier molecular flexibility index (Phi) is 5.98. The molecule has 0 saturated carbocycles. The topological polar surface area (TPSA) is 96.3 Å². The van der Waals surface area contributed by atoms with Crippen LogP contribution < -0.4 is 0 Å². The number of aliphatic hydroxyl groups is 1. The number of para-hydroxylation sites is 1. The summed E-state index contributed by atoms with van der Waals surface area (Å²) >= 11 is 0. The SMILES string of the molecule is CN1C2CCC1(OC(=O)c1ccccc1O)CC(OC(=O)[C@H](CO)c1ccccc1)C2. The summed E-state index contributed by atoms with van der Waals surface area (Å²) in [4.78, 5) is 27.6. The van der Waals surface area contributed by atoms with Gasteiger partial charge in [0.2, 0.25) is 0 Å². The van der Waals surface area contributed by atoms with E-state index < -0.39 is 29.7 Å². The fraction of sp³-hybridized carbons (Fsp3) is 0.417. The summed E-state index contributed by atoms with van der Waals surface area (Å²) < 4.78 is 11.7. The van der Waals surface area contributed by atoms with Crippen molar-refractivity contribution in [2.75, 3.05) is 13.7 Å². The average Bonchev–Trinajstić information content (AvgIpc) is 2.93. The van der Waals surface area contributed by atoms with Gasteiger partial charge in [0.25, 0.3) is 0 Å². The van der Waals surface area contributed by atoms with E-state index in [-0.39, 0.29) is 24.0 Å². The fourth-order valence-electron chi connectivity index (χ4n) is 4.74. The molecule has 31 heavy (non-hydrogen) atoms. The molecule has 2 saturated heterocycles. The maximum Gasteiger partial charge on any atom is 0.343 e. The molecule has 0 aliphatic carbocycles. The van der Waals surface area contributed by atoms with Crippen molar-refractivity contribution in [3.8, 4) is 5.75 Å². The zero-order valence-electron chi connectivity index (χ0n) is 17.4. The van der Waals surface area contributed by atoms with Crippen molar-refractivity contribution < 1.29 is 29.3 Å². The summed E-state index contributed by atoms with van der Waals surface area (Å²) in [6.45, 7) is -0.341. The lowest BCUT2D eigenvalue weighted by Gasteiger charge is -2.44. The molecule has 2 N–H and O–H groups in total. The van der Waals surface area contributed by atoms with Crippen molar-refractivity contribution in [1.29, 1.82) is 0 Å². The lowest BCUT2D eigenvalue weighted by molar-refractivity contribution is -0.173. The molecule has 2 aliphatic rings. The molecule has 7 nitrogen and oxygen atoms in total. The molecule has 7 heteroatoms. The van der Waals surface area contributed by atoms with Crippen molar-refractivity contribution in [1.82, 2.24) is 4.90 Å². The number of carbonyl (C=O) groups excluding carboxylic acids is 2. The molecule has 2 aliphatic heterocycles. The highest BCUT2D eigenvalue weighted by Gasteiger charge is 2.54. The summed E-state index contributed by atoms with van der Waals surface area (Å²) in [6, 6.07) is 15.4. The Morgan fingerprint density at radius 1 is 1.16 bits per heavy atom. The van der Waals surface area contributed by atoms with Crippen LogP contribution in [0, 0.1) is 0 Å². The molecule has 164 valence electrons. The average molecular weight is 425 g/mol. The Labute approximate surface area is 181 Å². The molecular weight excluding hydrogens is 398 g/mol. The smallest absolute Gasteiger partial charge is 0.343 e. The monoisotopic (exact) mass is 425 g/mol. The summed E-state index contributed by atoms with van der Waals surface area (Å²) in [6.07, 6.45) is 2.01. The number of hydrogen-bond acceptors (Lipinski definition) is 7. The largest absolute Gasteiger partial charge is 0.507 e. The number of aromatic hydroxyl groups is 1. The molecule has 0 aromatic heterocycles. The molecule has 2 aromatic carbocycles. The predicted octanol–water partition coefficient (Wildman–Crippen LogP) is 2.82.